The fraction of sp³-hybridized carbons (Fsp3) is 0.733. The second-order valence-corrected chi connectivity index (χ2v) is 5.87. The Bertz CT molecular complexity index is 392. The van der Waals surface area contributed by atoms with E-state index in [4.69, 9.17) is 0 Å². The zero-order chi connectivity index (χ0) is 15.1. The number of aliphatic hydroxyl groups excluding tert-OH is 1. The third-order valence-corrected chi connectivity index (χ3v) is 3.79. The quantitative estimate of drug-likeness (QED) is 0.756. The predicted molar refractivity (Wildman–Crippen MR) is 84.4 cm³/mol. The first-order valence-electron chi connectivity index (χ1n) is 7.80. The number of hydrogen-bond acceptors (Lipinski definition) is 6. The summed E-state index contributed by atoms with van der Waals surface area (Å²) in [6.45, 7) is 9.43. The van der Waals surface area contributed by atoms with Crippen LogP contribution in [0.1, 0.15) is 20.3 Å². The van der Waals surface area contributed by atoms with Gasteiger partial charge >= 0.3 is 0 Å². The standard InChI is InChI=1S/C15H27N5O/c1-13(2)18-14(12-21)4-7-19-8-10-20(11-9-19)15-16-5-3-6-17-15/h3,5-6,13-14,18,21H,4,7-12H2,1-2H3. The van der Waals surface area contributed by atoms with E-state index in [0.29, 0.717) is 6.04 Å². The molecule has 2 rings (SSSR count). The topological polar surface area (TPSA) is 64.5 Å². The molecule has 1 fully saturated rings. The Morgan fingerprint density at radius 1 is 1.19 bits per heavy atom. The highest BCUT2D eigenvalue weighted by atomic mass is 16.3. The molecule has 6 heteroatoms. The molecule has 1 aliphatic rings. The highest BCUT2D eigenvalue weighted by Crippen LogP contribution is 2.10. The average molecular weight is 293 g/mol. The molecular formula is C15H27N5O. The third kappa shape index (κ3) is 5.22. The molecule has 6 nitrogen and oxygen atoms in total. The van der Waals surface area contributed by atoms with Crippen LogP contribution in [0.5, 0.6) is 0 Å². The van der Waals surface area contributed by atoms with Crippen LogP contribution in [0.15, 0.2) is 18.5 Å². The molecule has 1 aliphatic heterocycles. The van der Waals surface area contributed by atoms with Crippen molar-refractivity contribution >= 4 is 5.95 Å². The van der Waals surface area contributed by atoms with Gasteiger partial charge < -0.3 is 15.3 Å². The Balaban J connectivity index is 1.72. The van der Waals surface area contributed by atoms with Gasteiger partial charge in [0, 0.05) is 50.7 Å². The van der Waals surface area contributed by atoms with Crippen molar-refractivity contribution in [3.8, 4) is 0 Å². The monoisotopic (exact) mass is 293 g/mol. The fourth-order valence-electron chi connectivity index (χ4n) is 2.66. The molecule has 0 aliphatic carbocycles. The lowest BCUT2D eigenvalue weighted by Gasteiger charge is -2.35. The Morgan fingerprint density at radius 3 is 2.43 bits per heavy atom. The van der Waals surface area contributed by atoms with Crippen molar-refractivity contribution in [2.45, 2.75) is 32.4 Å². The number of anilines is 1. The van der Waals surface area contributed by atoms with E-state index in [2.05, 4.69) is 38.9 Å². The van der Waals surface area contributed by atoms with Gasteiger partial charge in [0.2, 0.25) is 5.95 Å². The molecule has 1 aromatic rings. The van der Waals surface area contributed by atoms with Gasteiger partial charge in [-0.1, -0.05) is 13.8 Å². The van der Waals surface area contributed by atoms with Crippen molar-refractivity contribution in [1.29, 1.82) is 0 Å². The normalized spacial score (nSPS) is 18.2. The number of rotatable bonds is 7. The molecule has 1 saturated heterocycles. The molecule has 1 unspecified atom stereocenters. The van der Waals surface area contributed by atoms with Crippen molar-refractivity contribution in [3.63, 3.8) is 0 Å². The molecule has 0 saturated carbocycles. The highest BCUT2D eigenvalue weighted by Gasteiger charge is 2.19. The fourth-order valence-corrected chi connectivity index (χ4v) is 2.66. The lowest BCUT2D eigenvalue weighted by Crippen LogP contribution is -2.48. The van der Waals surface area contributed by atoms with Gasteiger partial charge in [-0.15, -0.1) is 0 Å². The first-order valence-corrected chi connectivity index (χ1v) is 7.80. The summed E-state index contributed by atoms with van der Waals surface area (Å²) in [5.74, 6) is 0.826. The average Bonchev–Trinajstić information content (AvgIpc) is 2.52. The van der Waals surface area contributed by atoms with Crippen molar-refractivity contribution < 1.29 is 5.11 Å². The summed E-state index contributed by atoms with van der Waals surface area (Å²) < 4.78 is 0. The van der Waals surface area contributed by atoms with Crippen LogP contribution in [0.2, 0.25) is 0 Å². The minimum Gasteiger partial charge on any atom is -0.395 e. The molecule has 0 amide bonds. The Hall–Kier alpha value is -1.24. The van der Waals surface area contributed by atoms with E-state index in [1.807, 2.05) is 6.07 Å². The molecule has 1 atom stereocenters. The summed E-state index contributed by atoms with van der Waals surface area (Å²) in [6.07, 6.45) is 4.56. The van der Waals surface area contributed by atoms with E-state index in [9.17, 15) is 5.11 Å². The maximum Gasteiger partial charge on any atom is 0.225 e. The number of piperazine rings is 1. The first kappa shape index (κ1) is 16.1. The molecule has 21 heavy (non-hydrogen) atoms. The number of aromatic nitrogens is 2. The van der Waals surface area contributed by atoms with Crippen LogP contribution in [0.4, 0.5) is 5.95 Å². The van der Waals surface area contributed by atoms with Gasteiger partial charge in [0.25, 0.3) is 0 Å². The van der Waals surface area contributed by atoms with Crippen LogP contribution in [0, 0.1) is 0 Å². The maximum atomic E-state index is 9.39. The van der Waals surface area contributed by atoms with Gasteiger partial charge in [-0.2, -0.15) is 0 Å². The zero-order valence-electron chi connectivity index (χ0n) is 13.1. The Labute approximate surface area is 127 Å². The van der Waals surface area contributed by atoms with Crippen molar-refractivity contribution in [1.82, 2.24) is 20.2 Å². The summed E-state index contributed by atoms with van der Waals surface area (Å²) in [4.78, 5) is 13.3. The van der Waals surface area contributed by atoms with Gasteiger partial charge in [0.15, 0.2) is 0 Å². The summed E-state index contributed by atoms with van der Waals surface area (Å²) in [7, 11) is 0. The lowest BCUT2D eigenvalue weighted by molar-refractivity contribution is 0.195. The van der Waals surface area contributed by atoms with E-state index in [0.717, 1.165) is 45.1 Å². The van der Waals surface area contributed by atoms with Crippen LogP contribution in [-0.2, 0) is 0 Å². The first-order chi connectivity index (χ1) is 10.2. The SMILES string of the molecule is CC(C)NC(CO)CCN1CCN(c2ncccn2)CC1. The molecule has 0 aromatic carbocycles. The van der Waals surface area contributed by atoms with Gasteiger partial charge in [0.05, 0.1) is 6.61 Å². The molecule has 2 N–H and O–H groups in total. The van der Waals surface area contributed by atoms with E-state index < -0.39 is 0 Å². The van der Waals surface area contributed by atoms with Crippen LogP contribution in [0.25, 0.3) is 0 Å². The van der Waals surface area contributed by atoms with Crippen molar-refractivity contribution in [2.24, 2.45) is 0 Å². The number of nitrogens with zero attached hydrogens (tertiary/aromatic N) is 4. The largest absolute Gasteiger partial charge is 0.395 e. The van der Waals surface area contributed by atoms with Crippen LogP contribution in [-0.4, -0.2) is 71.4 Å². The highest BCUT2D eigenvalue weighted by molar-refractivity contribution is 5.29. The minimum atomic E-state index is 0.195. The molecular weight excluding hydrogens is 266 g/mol. The Kier molecular flexibility index (Phi) is 6.35. The third-order valence-electron chi connectivity index (χ3n) is 3.79. The second-order valence-electron chi connectivity index (χ2n) is 5.87. The minimum absolute atomic E-state index is 0.195. The molecule has 1 aromatic heterocycles. The summed E-state index contributed by atoms with van der Waals surface area (Å²) >= 11 is 0. The summed E-state index contributed by atoms with van der Waals surface area (Å²) in [6, 6.07) is 2.45. The van der Waals surface area contributed by atoms with Crippen LogP contribution < -0.4 is 10.2 Å². The van der Waals surface area contributed by atoms with Crippen LogP contribution >= 0.6 is 0 Å². The van der Waals surface area contributed by atoms with E-state index in [1.165, 1.54) is 0 Å². The van der Waals surface area contributed by atoms with Gasteiger partial charge in [-0.25, -0.2) is 9.97 Å². The molecule has 118 valence electrons. The van der Waals surface area contributed by atoms with Gasteiger partial charge in [-0.05, 0) is 19.0 Å². The van der Waals surface area contributed by atoms with Crippen molar-refractivity contribution in [2.75, 3.05) is 44.2 Å². The van der Waals surface area contributed by atoms with Gasteiger partial charge in [-0.3, -0.25) is 4.90 Å². The molecule has 0 spiro atoms. The van der Waals surface area contributed by atoms with Crippen molar-refractivity contribution in [3.05, 3.63) is 18.5 Å². The lowest BCUT2D eigenvalue weighted by atomic mass is 10.1. The second kappa shape index (κ2) is 8.26. The summed E-state index contributed by atoms with van der Waals surface area (Å²) in [5.41, 5.74) is 0. The van der Waals surface area contributed by atoms with Crippen LogP contribution in [0.3, 0.4) is 0 Å². The zero-order valence-corrected chi connectivity index (χ0v) is 13.1. The summed E-state index contributed by atoms with van der Waals surface area (Å²) in [5, 5.41) is 12.8. The van der Waals surface area contributed by atoms with E-state index in [-0.39, 0.29) is 12.6 Å². The van der Waals surface area contributed by atoms with E-state index >= 15 is 0 Å². The molecule has 0 radical (unpaired) electrons. The predicted octanol–water partition coefficient (Wildman–Crippen LogP) is 0.348. The number of aliphatic hydroxyl groups is 1. The number of hydrogen-bond donors (Lipinski definition) is 2. The molecule has 2 heterocycles. The smallest absolute Gasteiger partial charge is 0.225 e. The van der Waals surface area contributed by atoms with E-state index in [1.54, 1.807) is 12.4 Å². The maximum absolute atomic E-state index is 9.39. The van der Waals surface area contributed by atoms with Gasteiger partial charge in [0.1, 0.15) is 0 Å². The Morgan fingerprint density at radius 2 is 1.86 bits per heavy atom. The number of nitrogens with one attached hydrogen (secondary N) is 1. The molecule has 0 bridgehead atoms.